The van der Waals surface area contributed by atoms with E-state index in [4.69, 9.17) is 6.42 Å². The second-order valence-electron chi connectivity index (χ2n) is 3.69. The van der Waals surface area contributed by atoms with Crippen LogP contribution in [0.1, 0.15) is 39.0 Å². The van der Waals surface area contributed by atoms with Crippen molar-refractivity contribution in [3.63, 3.8) is 0 Å². The Morgan fingerprint density at radius 2 is 2.20 bits per heavy atom. The average Bonchev–Trinajstić information content (AvgIpc) is 3.02. The third-order valence-electron chi connectivity index (χ3n) is 2.45. The molecular formula is C11H17N3O. The summed E-state index contributed by atoms with van der Waals surface area (Å²) in [6.07, 6.45) is 9.07. The van der Waals surface area contributed by atoms with Gasteiger partial charge in [-0.25, -0.2) is 0 Å². The lowest BCUT2D eigenvalue weighted by atomic mass is 10.0. The number of carbonyl (C=O) groups excluding carboxylic acids is 1. The zero-order valence-corrected chi connectivity index (χ0v) is 9.12. The summed E-state index contributed by atoms with van der Waals surface area (Å²) < 4.78 is 0. The van der Waals surface area contributed by atoms with Crippen molar-refractivity contribution in [3.05, 3.63) is 0 Å². The summed E-state index contributed by atoms with van der Waals surface area (Å²) >= 11 is 0. The molecule has 0 aliphatic carbocycles. The van der Waals surface area contributed by atoms with Crippen LogP contribution in [0.5, 0.6) is 0 Å². The number of nitrogens with zero attached hydrogens (tertiary/aromatic N) is 2. The van der Waals surface area contributed by atoms with Crippen LogP contribution in [0.25, 0.3) is 0 Å². The molecule has 82 valence electrons. The maximum absolute atomic E-state index is 10.9. The van der Waals surface area contributed by atoms with Crippen LogP contribution in [0.3, 0.4) is 0 Å². The van der Waals surface area contributed by atoms with E-state index in [0.29, 0.717) is 19.4 Å². The van der Waals surface area contributed by atoms with Gasteiger partial charge in [0.25, 0.3) is 0 Å². The first kappa shape index (κ1) is 11.7. The highest BCUT2D eigenvalue weighted by molar-refractivity contribution is 5.75. The Hall–Kier alpha value is -1.37. The summed E-state index contributed by atoms with van der Waals surface area (Å²) in [5, 5.41) is 10.9. The topological polar surface area (TPSA) is 53.8 Å². The number of carbonyl (C=O) groups is 1. The smallest absolute Gasteiger partial charge is 0.219 e. The van der Waals surface area contributed by atoms with Crippen LogP contribution in [-0.4, -0.2) is 18.1 Å². The first-order valence-corrected chi connectivity index (χ1v) is 5.36. The number of hydrogen-bond acceptors (Lipinski definition) is 3. The normalized spacial score (nSPS) is 15.7. The van der Waals surface area contributed by atoms with Gasteiger partial charge in [0, 0.05) is 25.8 Å². The van der Waals surface area contributed by atoms with Crippen molar-refractivity contribution in [3.8, 4) is 12.3 Å². The third-order valence-corrected chi connectivity index (χ3v) is 2.45. The van der Waals surface area contributed by atoms with Crippen LogP contribution in [0.2, 0.25) is 0 Å². The van der Waals surface area contributed by atoms with E-state index in [-0.39, 0.29) is 11.6 Å². The summed E-state index contributed by atoms with van der Waals surface area (Å²) in [5.74, 6) is 2.69. The van der Waals surface area contributed by atoms with Gasteiger partial charge in [-0.3, -0.25) is 4.79 Å². The van der Waals surface area contributed by atoms with Gasteiger partial charge in [-0.2, -0.15) is 10.2 Å². The molecule has 1 N–H and O–H groups in total. The molecule has 4 heteroatoms. The highest BCUT2D eigenvalue weighted by Gasteiger charge is 2.38. The van der Waals surface area contributed by atoms with Crippen LogP contribution in [0, 0.1) is 12.3 Å². The van der Waals surface area contributed by atoms with E-state index >= 15 is 0 Å². The molecule has 0 atom stereocenters. The molecule has 1 aliphatic rings. The molecule has 0 aromatic carbocycles. The van der Waals surface area contributed by atoms with Gasteiger partial charge in [0.05, 0.1) is 0 Å². The number of amides is 1. The number of nitrogens with one attached hydrogen (secondary N) is 1. The van der Waals surface area contributed by atoms with E-state index in [1.54, 1.807) is 0 Å². The number of terminal acetylenes is 1. The maximum atomic E-state index is 10.9. The second-order valence-corrected chi connectivity index (χ2v) is 3.69. The highest BCUT2D eigenvalue weighted by atomic mass is 16.1. The Bertz CT molecular complexity index is 285. The predicted octanol–water partition coefficient (Wildman–Crippen LogP) is 1.87. The lowest BCUT2D eigenvalue weighted by Crippen LogP contribution is -2.24. The Morgan fingerprint density at radius 3 is 2.73 bits per heavy atom. The van der Waals surface area contributed by atoms with Crippen LogP contribution in [-0.2, 0) is 4.79 Å². The van der Waals surface area contributed by atoms with Gasteiger partial charge < -0.3 is 5.32 Å². The maximum Gasteiger partial charge on any atom is 0.219 e. The van der Waals surface area contributed by atoms with Crippen LogP contribution >= 0.6 is 0 Å². The minimum Gasteiger partial charge on any atom is -0.356 e. The van der Waals surface area contributed by atoms with Gasteiger partial charge in [-0.05, 0) is 12.8 Å². The quantitative estimate of drug-likeness (QED) is 0.503. The van der Waals surface area contributed by atoms with E-state index < -0.39 is 0 Å². The fourth-order valence-corrected chi connectivity index (χ4v) is 1.39. The predicted molar refractivity (Wildman–Crippen MR) is 58.2 cm³/mol. The monoisotopic (exact) mass is 207 g/mol. The SMILES string of the molecule is C#CCCC1(CCCNC(=O)CC)N=N1. The molecule has 0 aromatic rings. The second kappa shape index (κ2) is 5.50. The van der Waals surface area contributed by atoms with Gasteiger partial charge in [-0.1, -0.05) is 6.92 Å². The molecule has 0 aromatic heterocycles. The molecule has 15 heavy (non-hydrogen) atoms. The fourth-order valence-electron chi connectivity index (χ4n) is 1.39. The zero-order chi connectivity index (χ0) is 11.1. The van der Waals surface area contributed by atoms with E-state index in [0.717, 1.165) is 19.3 Å². The molecule has 1 amide bonds. The molecule has 0 saturated heterocycles. The molecule has 0 unspecified atom stereocenters. The minimum atomic E-state index is -0.205. The van der Waals surface area contributed by atoms with Crippen molar-refractivity contribution >= 4 is 5.91 Å². The van der Waals surface area contributed by atoms with Crippen molar-refractivity contribution in [2.24, 2.45) is 10.2 Å². The zero-order valence-electron chi connectivity index (χ0n) is 9.12. The summed E-state index contributed by atoms with van der Waals surface area (Å²) in [6.45, 7) is 2.55. The van der Waals surface area contributed by atoms with Gasteiger partial charge in [0.15, 0.2) is 5.66 Å². The van der Waals surface area contributed by atoms with Gasteiger partial charge in [-0.15, -0.1) is 12.3 Å². The molecule has 0 saturated carbocycles. The van der Waals surface area contributed by atoms with Crippen LogP contribution < -0.4 is 5.32 Å². The van der Waals surface area contributed by atoms with E-state index in [1.807, 2.05) is 6.92 Å². The molecule has 4 nitrogen and oxygen atoms in total. The van der Waals surface area contributed by atoms with Crippen LogP contribution in [0.4, 0.5) is 0 Å². The summed E-state index contributed by atoms with van der Waals surface area (Å²) in [6, 6.07) is 0. The Balaban J connectivity index is 2.05. The van der Waals surface area contributed by atoms with Gasteiger partial charge in [0.1, 0.15) is 0 Å². The molecule has 1 aliphatic heterocycles. The van der Waals surface area contributed by atoms with Crippen molar-refractivity contribution in [1.29, 1.82) is 0 Å². The first-order valence-electron chi connectivity index (χ1n) is 5.36. The van der Waals surface area contributed by atoms with E-state index in [9.17, 15) is 4.79 Å². The average molecular weight is 207 g/mol. The van der Waals surface area contributed by atoms with Crippen molar-refractivity contribution in [1.82, 2.24) is 5.32 Å². The summed E-state index contributed by atoms with van der Waals surface area (Å²) in [7, 11) is 0. The first-order chi connectivity index (χ1) is 7.22. The fraction of sp³-hybridized carbons (Fsp3) is 0.727. The van der Waals surface area contributed by atoms with Crippen molar-refractivity contribution < 1.29 is 4.79 Å². The Labute approximate surface area is 90.5 Å². The van der Waals surface area contributed by atoms with Gasteiger partial charge in [0.2, 0.25) is 5.91 Å². The van der Waals surface area contributed by atoms with E-state index in [2.05, 4.69) is 21.5 Å². The molecule has 0 bridgehead atoms. The standard InChI is InChI=1S/C11H17N3O/c1-3-5-7-11(13-14-11)8-6-9-12-10(15)4-2/h1H,4-9H2,2H3,(H,12,15). The Morgan fingerprint density at radius 1 is 1.47 bits per heavy atom. The molecule has 1 heterocycles. The van der Waals surface area contributed by atoms with E-state index in [1.165, 1.54) is 0 Å². The largest absolute Gasteiger partial charge is 0.356 e. The molecular weight excluding hydrogens is 190 g/mol. The number of rotatable bonds is 7. The molecule has 0 radical (unpaired) electrons. The summed E-state index contributed by atoms with van der Waals surface area (Å²) in [4.78, 5) is 10.9. The van der Waals surface area contributed by atoms with Crippen LogP contribution in [0.15, 0.2) is 10.2 Å². The third kappa shape index (κ3) is 4.11. The summed E-state index contributed by atoms with van der Waals surface area (Å²) in [5.41, 5.74) is -0.205. The lowest BCUT2D eigenvalue weighted by molar-refractivity contribution is -0.120. The van der Waals surface area contributed by atoms with Crippen molar-refractivity contribution in [2.45, 2.75) is 44.7 Å². The molecule has 1 rings (SSSR count). The molecule has 0 fully saturated rings. The van der Waals surface area contributed by atoms with Gasteiger partial charge >= 0.3 is 0 Å². The van der Waals surface area contributed by atoms with Crippen molar-refractivity contribution in [2.75, 3.05) is 6.54 Å². The number of hydrogen-bond donors (Lipinski definition) is 1. The lowest BCUT2D eigenvalue weighted by Gasteiger charge is -2.08. The highest BCUT2D eigenvalue weighted by Crippen LogP contribution is 2.37. The Kier molecular flexibility index (Phi) is 4.29. The minimum absolute atomic E-state index is 0.0948. The molecule has 0 spiro atoms.